The van der Waals surface area contributed by atoms with Crippen LogP contribution in [0.2, 0.25) is 0 Å². The lowest BCUT2D eigenvalue weighted by Crippen LogP contribution is -2.41. The van der Waals surface area contributed by atoms with Gasteiger partial charge in [-0.05, 0) is 57.4 Å². The number of benzene rings is 2. The molecule has 0 atom stereocenters. The van der Waals surface area contributed by atoms with E-state index < -0.39 is 7.12 Å². The summed E-state index contributed by atoms with van der Waals surface area (Å²) in [7, 11) is -0.405. The molecule has 1 fully saturated rings. The quantitative estimate of drug-likeness (QED) is 0.468. The van der Waals surface area contributed by atoms with Crippen LogP contribution < -0.4 is 5.46 Å². The zero-order chi connectivity index (χ0) is 19.5. The summed E-state index contributed by atoms with van der Waals surface area (Å²) in [5.74, 6) is 0. The fraction of sp³-hybridized carbons (Fsp3) is 0.261. The minimum Gasteiger partial charge on any atom is -0.455 e. The number of aromatic nitrogens is 1. The van der Waals surface area contributed by atoms with Crippen molar-refractivity contribution in [1.82, 2.24) is 4.98 Å². The van der Waals surface area contributed by atoms with Crippen LogP contribution in [0.1, 0.15) is 27.7 Å². The number of hydrogen-bond acceptors (Lipinski definition) is 4. The van der Waals surface area contributed by atoms with Gasteiger partial charge in [0.2, 0.25) is 0 Å². The Kier molecular flexibility index (Phi) is 3.70. The molecule has 0 aliphatic carbocycles. The lowest BCUT2D eigenvalue weighted by Gasteiger charge is -2.32. The number of rotatable bonds is 2. The molecular formula is C23H22BNO3. The number of nitrogens with zero attached hydrogens (tertiary/aromatic N) is 1. The van der Waals surface area contributed by atoms with Crippen LogP contribution >= 0.6 is 0 Å². The molecule has 5 heteroatoms. The molecule has 1 aliphatic rings. The van der Waals surface area contributed by atoms with E-state index in [1.54, 1.807) is 6.20 Å². The molecular weight excluding hydrogens is 349 g/mol. The molecule has 1 aliphatic heterocycles. The minimum atomic E-state index is -0.405. The van der Waals surface area contributed by atoms with Crippen LogP contribution in [0.5, 0.6) is 0 Å². The van der Waals surface area contributed by atoms with Crippen LogP contribution in [0, 0.1) is 0 Å². The number of hydrogen-bond donors (Lipinski definition) is 0. The number of fused-ring (bicyclic) bond motifs is 3. The predicted molar refractivity (Wildman–Crippen MR) is 113 cm³/mol. The van der Waals surface area contributed by atoms with Crippen LogP contribution in [0.4, 0.5) is 0 Å². The molecule has 0 saturated carbocycles. The highest BCUT2D eigenvalue weighted by Crippen LogP contribution is 2.38. The summed E-state index contributed by atoms with van der Waals surface area (Å²) in [5, 5.41) is 2.16. The minimum absolute atomic E-state index is 0.368. The molecule has 0 spiro atoms. The summed E-state index contributed by atoms with van der Waals surface area (Å²) in [6.45, 7) is 8.25. The maximum atomic E-state index is 6.29. The van der Waals surface area contributed by atoms with E-state index in [1.165, 1.54) is 0 Å². The van der Waals surface area contributed by atoms with Crippen LogP contribution in [0.25, 0.3) is 33.2 Å². The van der Waals surface area contributed by atoms with Gasteiger partial charge in [0.15, 0.2) is 0 Å². The fourth-order valence-corrected chi connectivity index (χ4v) is 3.66. The van der Waals surface area contributed by atoms with E-state index >= 15 is 0 Å². The van der Waals surface area contributed by atoms with Crippen molar-refractivity contribution in [3.63, 3.8) is 0 Å². The van der Waals surface area contributed by atoms with E-state index in [1.807, 2.05) is 36.4 Å². The largest absolute Gasteiger partial charge is 0.494 e. The maximum Gasteiger partial charge on any atom is 0.494 e. The molecule has 28 heavy (non-hydrogen) atoms. The highest BCUT2D eigenvalue weighted by molar-refractivity contribution is 6.62. The number of para-hydroxylation sites is 1. The van der Waals surface area contributed by atoms with Gasteiger partial charge in [-0.25, -0.2) is 0 Å². The molecule has 4 nitrogen and oxygen atoms in total. The lowest BCUT2D eigenvalue weighted by atomic mass is 9.79. The summed E-state index contributed by atoms with van der Waals surface area (Å²) in [6, 6.07) is 18.3. The van der Waals surface area contributed by atoms with Gasteiger partial charge in [0.25, 0.3) is 0 Å². The molecule has 1 saturated heterocycles. The standard InChI is InChI=1S/C23H22BNO3/c1-22(2)23(3,4)28-24(27-22)15-11-12-16-17-8-7-9-18(19-10-5-6-13-25-19)21(17)26-20(16)14-15/h5-14H,1-4H3. The second-order valence-corrected chi connectivity index (χ2v) is 8.34. The van der Waals surface area contributed by atoms with Crippen molar-refractivity contribution in [2.45, 2.75) is 38.9 Å². The van der Waals surface area contributed by atoms with Crippen LogP contribution in [0.3, 0.4) is 0 Å². The van der Waals surface area contributed by atoms with E-state index in [-0.39, 0.29) is 11.2 Å². The number of furan rings is 1. The van der Waals surface area contributed by atoms with Crippen LogP contribution in [0.15, 0.2) is 65.2 Å². The van der Waals surface area contributed by atoms with Gasteiger partial charge in [-0.2, -0.15) is 0 Å². The first-order valence-corrected chi connectivity index (χ1v) is 9.58. The van der Waals surface area contributed by atoms with Crippen LogP contribution in [-0.2, 0) is 9.31 Å². The van der Waals surface area contributed by atoms with Gasteiger partial charge in [-0.15, -0.1) is 0 Å². The van der Waals surface area contributed by atoms with Crippen molar-refractivity contribution in [3.05, 3.63) is 60.8 Å². The summed E-state index contributed by atoms with van der Waals surface area (Å²) in [6.07, 6.45) is 1.80. The molecule has 0 amide bonds. The van der Waals surface area contributed by atoms with Gasteiger partial charge in [0, 0.05) is 22.5 Å². The van der Waals surface area contributed by atoms with Crippen molar-refractivity contribution >= 4 is 34.5 Å². The zero-order valence-corrected chi connectivity index (χ0v) is 16.5. The third-order valence-electron chi connectivity index (χ3n) is 5.99. The van der Waals surface area contributed by atoms with Crippen molar-refractivity contribution in [3.8, 4) is 11.3 Å². The van der Waals surface area contributed by atoms with Gasteiger partial charge in [-0.3, -0.25) is 4.98 Å². The lowest BCUT2D eigenvalue weighted by molar-refractivity contribution is 0.00578. The molecule has 0 radical (unpaired) electrons. The highest BCUT2D eigenvalue weighted by Gasteiger charge is 2.51. The smallest absolute Gasteiger partial charge is 0.455 e. The third kappa shape index (κ3) is 2.58. The molecule has 5 rings (SSSR count). The van der Waals surface area contributed by atoms with Crippen molar-refractivity contribution in [2.75, 3.05) is 0 Å². The Morgan fingerprint density at radius 2 is 1.61 bits per heavy atom. The molecule has 3 heterocycles. The average molecular weight is 371 g/mol. The Labute approximate surface area is 164 Å². The van der Waals surface area contributed by atoms with E-state index in [2.05, 4.69) is 50.9 Å². The third-order valence-corrected chi connectivity index (χ3v) is 5.99. The van der Waals surface area contributed by atoms with E-state index in [9.17, 15) is 0 Å². The number of pyridine rings is 1. The van der Waals surface area contributed by atoms with E-state index in [0.717, 1.165) is 38.7 Å². The molecule has 0 N–H and O–H groups in total. The fourth-order valence-electron chi connectivity index (χ4n) is 3.66. The molecule has 140 valence electrons. The molecule has 4 aromatic rings. The summed E-state index contributed by atoms with van der Waals surface area (Å²) < 4.78 is 18.7. The van der Waals surface area contributed by atoms with Gasteiger partial charge in [-0.1, -0.05) is 30.3 Å². The predicted octanol–water partition coefficient (Wildman–Crippen LogP) is 4.95. The summed E-state index contributed by atoms with van der Waals surface area (Å²) >= 11 is 0. The molecule has 2 aromatic carbocycles. The van der Waals surface area contributed by atoms with Crippen LogP contribution in [-0.4, -0.2) is 23.3 Å². The van der Waals surface area contributed by atoms with Crippen molar-refractivity contribution in [1.29, 1.82) is 0 Å². The van der Waals surface area contributed by atoms with Gasteiger partial charge in [0.05, 0.1) is 16.9 Å². The first-order chi connectivity index (χ1) is 13.4. The highest BCUT2D eigenvalue weighted by atomic mass is 16.7. The SMILES string of the molecule is CC1(C)OB(c2ccc3c(c2)oc2c(-c4ccccn4)cccc23)OC1(C)C. The molecule has 2 aromatic heterocycles. The Hall–Kier alpha value is -2.63. The summed E-state index contributed by atoms with van der Waals surface area (Å²) in [5.41, 5.74) is 3.79. The summed E-state index contributed by atoms with van der Waals surface area (Å²) in [4.78, 5) is 4.48. The second kappa shape index (κ2) is 5.93. The van der Waals surface area contributed by atoms with Gasteiger partial charge < -0.3 is 13.7 Å². The molecule has 0 bridgehead atoms. The topological polar surface area (TPSA) is 44.5 Å². The van der Waals surface area contributed by atoms with Gasteiger partial charge in [0.1, 0.15) is 11.2 Å². The second-order valence-electron chi connectivity index (χ2n) is 8.34. The first-order valence-electron chi connectivity index (χ1n) is 9.58. The monoisotopic (exact) mass is 371 g/mol. The van der Waals surface area contributed by atoms with E-state index in [4.69, 9.17) is 13.7 Å². The Morgan fingerprint density at radius 1 is 0.821 bits per heavy atom. The Morgan fingerprint density at radius 3 is 2.32 bits per heavy atom. The Balaban J connectivity index is 1.63. The van der Waals surface area contributed by atoms with Crippen molar-refractivity contribution < 1.29 is 13.7 Å². The van der Waals surface area contributed by atoms with E-state index in [0.29, 0.717) is 0 Å². The maximum absolute atomic E-state index is 6.29. The normalized spacial score (nSPS) is 18.2. The zero-order valence-electron chi connectivity index (χ0n) is 16.5. The molecule has 0 unspecified atom stereocenters. The van der Waals surface area contributed by atoms with Gasteiger partial charge >= 0.3 is 7.12 Å². The average Bonchev–Trinajstić information content (AvgIpc) is 3.15. The van der Waals surface area contributed by atoms with Crippen molar-refractivity contribution in [2.24, 2.45) is 0 Å². The Bertz CT molecular complexity index is 1160. The first kappa shape index (κ1) is 17.5.